The molecule has 0 aromatic rings. The number of allylic oxidation sites excluding steroid dienone is 10. The number of nitrogens with one attached hydrogen (secondary N) is 1. The van der Waals surface area contributed by atoms with Crippen molar-refractivity contribution >= 4 is 16.0 Å². The lowest BCUT2D eigenvalue weighted by molar-refractivity contribution is -0.122. The van der Waals surface area contributed by atoms with Crippen molar-refractivity contribution in [3.8, 4) is 0 Å². The Balaban J connectivity index is 4.11. The molecule has 0 aromatic carbocycles. The monoisotopic (exact) mass is 621 g/mol. The molecule has 2 unspecified atom stereocenters. The molecule has 43 heavy (non-hydrogen) atoms. The third-order valence-electron chi connectivity index (χ3n) is 7.24. The van der Waals surface area contributed by atoms with Gasteiger partial charge in [0.15, 0.2) is 0 Å². The van der Waals surface area contributed by atoms with Gasteiger partial charge < -0.3 is 10.4 Å². The molecule has 0 aliphatic rings. The quantitative estimate of drug-likeness (QED) is 0.0439. The Morgan fingerprint density at radius 1 is 0.651 bits per heavy atom. The second kappa shape index (κ2) is 30.1. The van der Waals surface area contributed by atoms with E-state index in [2.05, 4.69) is 73.8 Å². The number of rotatable bonds is 29. The third-order valence-corrected chi connectivity index (χ3v) is 8.02. The van der Waals surface area contributed by atoms with Gasteiger partial charge in [0.1, 0.15) is 0 Å². The zero-order chi connectivity index (χ0) is 31.9. The van der Waals surface area contributed by atoms with Gasteiger partial charge in [0.2, 0.25) is 5.91 Å². The smallest absolute Gasteiger partial charge is 0.266 e. The first-order chi connectivity index (χ1) is 20.8. The van der Waals surface area contributed by atoms with Gasteiger partial charge in [-0.05, 0) is 51.4 Å². The maximum absolute atomic E-state index is 12.4. The molecule has 0 saturated heterocycles. The van der Waals surface area contributed by atoms with Gasteiger partial charge in [0.25, 0.3) is 10.1 Å². The molecule has 6 nitrogen and oxygen atoms in total. The van der Waals surface area contributed by atoms with Crippen LogP contribution < -0.4 is 5.32 Å². The van der Waals surface area contributed by atoms with E-state index in [0.29, 0.717) is 12.8 Å². The lowest BCUT2D eigenvalue weighted by Gasteiger charge is -2.23. The standard InChI is InChI=1S/C36H63NO5S/c1-3-5-7-9-11-13-15-16-17-18-19-20-22-24-26-28-30-32-36(39)37-34(33-43(40,41)42)35(38)31-29-27-25-23-21-14-12-10-8-6-4-2/h5,7,11,13,16-17,19-20,24,26,34-35,38H,3-4,6,8-10,12,14-15,18,21-23,25,27-33H2,1-2H3,(H,37,39)(H,40,41,42)/b7-5-,13-11-,17-16-,20-19-,26-24-. The fourth-order valence-corrected chi connectivity index (χ4v) is 5.48. The molecule has 0 aliphatic heterocycles. The summed E-state index contributed by atoms with van der Waals surface area (Å²) < 4.78 is 32.3. The van der Waals surface area contributed by atoms with Gasteiger partial charge in [-0.3, -0.25) is 9.35 Å². The lowest BCUT2D eigenvalue weighted by atomic mass is 10.0. The number of aliphatic hydroxyl groups is 1. The highest BCUT2D eigenvalue weighted by Gasteiger charge is 2.25. The number of hydrogen-bond donors (Lipinski definition) is 3. The number of hydrogen-bond acceptors (Lipinski definition) is 4. The Morgan fingerprint density at radius 2 is 1.09 bits per heavy atom. The Morgan fingerprint density at radius 3 is 1.56 bits per heavy atom. The van der Waals surface area contributed by atoms with Crippen LogP contribution in [0.3, 0.4) is 0 Å². The maximum Gasteiger partial charge on any atom is 0.266 e. The summed E-state index contributed by atoms with van der Waals surface area (Å²) >= 11 is 0. The van der Waals surface area contributed by atoms with Crippen LogP contribution in [0.5, 0.6) is 0 Å². The molecule has 7 heteroatoms. The molecule has 0 saturated carbocycles. The molecule has 248 valence electrons. The summed E-state index contributed by atoms with van der Waals surface area (Å²) in [4.78, 5) is 12.4. The van der Waals surface area contributed by atoms with Crippen molar-refractivity contribution in [2.24, 2.45) is 0 Å². The molecule has 1 amide bonds. The van der Waals surface area contributed by atoms with Crippen LogP contribution in [0.15, 0.2) is 60.8 Å². The number of carbonyl (C=O) groups is 1. The van der Waals surface area contributed by atoms with E-state index in [1.807, 2.05) is 6.08 Å². The Kier molecular flexibility index (Phi) is 28.7. The Hall–Kier alpha value is -1.96. The summed E-state index contributed by atoms with van der Waals surface area (Å²) in [6, 6.07) is -1.00. The molecule has 0 rings (SSSR count). The molecule has 0 radical (unpaired) electrons. The summed E-state index contributed by atoms with van der Waals surface area (Å²) in [7, 11) is -4.32. The van der Waals surface area contributed by atoms with Crippen molar-refractivity contribution in [2.45, 2.75) is 154 Å². The Bertz CT molecular complexity index is 905. The van der Waals surface area contributed by atoms with Gasteiger partial charge in [-0.25, -0.2) is 0 Å². The van der Waals surface area contributed by atoms with E-state index in [-0.39, 0.29) is 12.3 Å². The van der Waals surface area contributed by atoms with Crippen LogP contribution in [0.25, 0.3) is 0 Å². The second-order valence-corrected chi connectivity index (χ2v) is 12.9. The predicted molar refractivity (Wildman–Crippen MR) is 184 cm³/mol. The average Bonchev–Trinajstić information content (AvgIpc) is 2.96. The Labute approximate surface area is 264 Å². The van der Waals surface area contributed by atoms with E-state index in [1.54, 1.807) is 0 Å². The van der Waals surface area contributed by atoms with E-state index < -0.39 is 28.0 Å². The molecule has 0 bridgehead atoms. The fraction of sp³-hybridized carbons (Fsp3) is 0.694. The average molecular weight is 622 g/mol. The molecule has 0 heterocycles. The molecule has 0 spiro atoms. The van der Waals surface area contributed by atoms with Crippen LogP contribution in [0, 0.1) is 0 Å². The van der Waals surface area contributed by atoms with Crippen LogP contribution in [0.2, 0.25) is 0 Å². The molecule has 0 aromatic heterocycles. The van der Waals surface area contributed by atoms with Gasteiger partial charge >= 0.3 is 0 Å². The van der Waals surface area contributed by atoms with E-state index >= 15 is 0 Å². The van der Waals surface area contributed by atoms with E-state index in [9.17, 15) is 22.9 Å². The minimum absolute atomic E-state index is 0.238. The normalized spacial score (nSPS) is 14.2. The van der Waals surface area contributed by atoms with Crippen LogP contribution in [0.4, 0.5) is 0 Å². The largest absolute Gasteiger partial charge is 0.391 e. The van der Waals surface area contributed by atoms with Gasteiger partial charge in [0, 0.05) is 6.42 Å². The highest BCUT2D eigenvalue weighted by molar-refractivity contribution is 7.85. The topological polar surface area (TPSA) is 104 Å². The highest BCUT2D eigenvalue weighted by Crippen LogP contribution is 2.14. The van der Waals surface area contributed by atoms with Gasteiger partial charge in [-0.1, -0.05) is 145 Å². The van der Waals surface area contributed by atoms with Crippen molar-refractivity contribution in [1.29, 1.82) is 0 Å². The maximum atomic E-state index is 12.4. The third kappa shape index (κ3) is 31.3. The summed E-state index contributed by atoms with van der Waals surface area (Å²) in [6.45, 7) is 4.36. The van der Waals surface area contributed by atoms with Crippen LogP contribution in [-0.2, 0) is 14.9 Å². The molecule has 0 fully saturated rings. The number of aliphatic hydroxyl groups excluding tert-OH is 1. The predicted octanol–water partition coefficient (Wildman–Crippen LogP) is 9.34. The van der Waals surface area contributed by atoms with Crippen LogP contribution in [-0.4, -0.2) is 41.9 Å². The summed E-state index contributed by atoms with van der Waals surface area (Å²) in [5.74, 6) is -0.980. The molecule has 3 N–H and O–H groups in total. The summed E-state index contributed by atoms with van der Waals surface area (Å²) in [5, 5.41) is 13.2. The first-order valence-corrected chi connectivity index (χ1v) is 18.6. The van der Waals surface area contributed by atoms with Crippen molar-refractivity contribution < 1.29 is 22.9 Å². The van der Waals surface area contributed by atoms with Gasteiger partial charge in [-0.15, -0.1) is 0 Å². The SMILES string of the molecule is CC/C=C\C/C=C\C/C=C\C/C=C\C/C=C\CCCC(=O)NC(CS(=O)(=O)O)C(O)CCCCCCCCCCCCC. The summed E-state index contributed by atoms with van der Waals surface area (Å²) in [5.41, 5.74) is 0. The van der Waals surface area contributed by atoms with Gasteiger partial charge in [0.05, 0.1) is 17.9 Å². The van der Waals surface area contributed by atoms with Crippen LogP contribution in [0.1, 0.15) is 142 Å². The number of unbranched alkanes of at least 4 members (excludes halogenated alkanes) is 11. The highest BCUT2D eigenvalue weighted by atomic mass is 32.2. The second-order valence-electron chi connectivity index (χ2n) is 11.4. The van der Waals surface area contributed by atoms with E-state index in [4.69, 9.17) is 0 Å². The van der Waals surface area contributed by atoms with Crippen molar-refractivity contribution in [1.82, 2.24) is 5.32 Å². The zero-order valence-corrected chi connectivity index (χ0v) is 28.1. The first kappa shape index (κ1) is 41.0. The van der Waals surface area contributed by atoms with Gasteiger partial charge in [-0.2, -0.15) is 8.42 Å². The fourth-order valence-electron chi connectivity index (χ4n) is 4.72. The molecule has 0 aliphatic carbocycles. The minimum atomic E-state index is -4.32. The van der Waals surface area contributed by atoms with E-state index in [0.717, 1.165) is 57.8 Å². The first-order valence-electron chi connectivity index (χ1n) is 17.0. The van der Waals surface area contributed by atoms with Crippen molar-refractivity contribution in [2.75, 3.05) is 5.75 Å². The zero-order valence-electron chi connectivity index (χ0n) is 27.3. The number of amides is 1. The van der Waals surface area contributed by atoms with E-state index in [1.165, 1.54) is 51.4 Å². The molecular formula is C36H63NO5S. The number of carbonyl (C=O) groups excluding carboxylic acids is 1. The van der Waals surface area contributed by atoms with Crippen molar-refractivity contribution in [3.63, 3.8) is 0 Å². The van der Waals surface area contributed by atoms with Crippen molar-refractivity contribution in [3.05, 3.63) is 60.8 Å². The minimum Gasteiger partial charge on any atom is -0.391 e. The lowest BCUT2D eigenvalue weighted by Crippen LogP contribution is -2.47. The molecule has 2 atom stereocenters. The van der Waals surface area contributed by atoms with Crippen LogP contribution >= 0.6 is 0 Å². The molecular weight excluding hydrogens is 558 g/mol. The summed E-state index contributed by atoms with van der Waals surface area (Å²) in [6.07, 6.45) is 40.3.